The molecule has 0 fully saturated rings. The first kappa shape index (κ1) is 24.4. The van der Waals surface area contributed by atoms with Crippen LogP contribution in [0.5, 0.6) is 5.75 Å². The Kier molecular flexibility index (Phi) is 10.1. The second-order valence-corrected chi connectivity index (χ2v) is 8.05. The maximum atomic E-state index is 13.1. The highest BCUT2D eigenvalue weighted by atomic mass is 16.5. The highest BCUT2D eigenvalue weighted by molar-refractivity contribution is 5.88. The normalized spacial score (nSPS) is 11.8. The Labute approximate surface area is 186 Å². The summed E-state index contributed by atoms with van der Waals surface area (Å²) < 4.78 is 5.77. The van der Waals surface area contributed by atoms with Crippen molar-refractivity contribution in [3.8, 4) is 5.75 Å². The number of amides is 2. The molecule has 2 aromatic carbocycles. The van der Waals surface area contributed by atoms with Gasteiger partial charge in [-0.2, -0.15) is 0 Å². The predicted molar refractivity (Wildman–Crippen MR) is 125 cm³/mol. The minimum Gasteiger partial charge on any atom is -0.484 e. The SMILES string of the molecule is CCCNC(=O)C(CC)N(CCc1ccccc1)C(=O)COc1ccc(C(C)C)cc1. The lowest BCUT2D eigenvalue weighted by Gasteiger charge is -2.30. The van der Waals surface area contributed by atoms with E-state index in [-0.39, 0.29) is 18.4 Å². The number of nitrogens with zero attached hydrogens (tertiary/aromatic N) is 1. The van der Waals surface area contributed by atoms with Gasteiger partial charge in [0.05, 0.1) is 0 Å². The minimum absolute atomic E-state index is 0.0899. The summed E-state index contributed by atoms with van der Waals surface area (Å²) in [5.74, 6) is 0.815. The van der Waals surface area contributed by atoms with E-state index in [1.807, 2.05) is 68.4 Å². The van der Waals surface area contributed by atoms with Crippen molar-refractivity contribution >= 4 is 11.8 Å². The average Bonchev–Trinajstić information content (AvgIpc) is 2.79. The first-order valence-corrected chi connectivity index (χ1v) is 11.3. The standard InChI is InChI=1S/C26H36N2O3/c1-5-17-27-26(30)24(6-2)28(18-16-21-10-8-7-9-11-21)25(29)19-31-23-14-12-22(13-15-23)20(3)4/h7-15,20,24H,5-6,16-19H2,1-4H3,(H,27,30). The molecule has 2 aromatic rings. The number of benzene rings is 2. The fourth-order valence-corrected chi connectivity index (χ4v) is 3.44. The number of nitrogens with one attached hydrogen (secondary N) is 1. The molecule has 2 amide bonds. The van der Waals surface area contributed by atoms with Crippen LogP contribution in [0, 0.1) is 0 Å². The van der Waals surface area contributed by atoms with Crippen LogP contribution in [0.2, 0.25) is 0 Å². The lowest BCUT2D eigenvalue weighted by atomic mass is 10.0. The van der Waals surface area contributed by atoms with Gasteiger partial charge in [0.25, 0.3) is 5.91 Å². The maximum absolute atomic E-state index is 13.1. The lowest BCUT2D eigenvalue weighted by Crippen LogP contribution is -2.51. The molecule has 0 aliphatic rings. The zero-order valence-electron chi connectivity index (χ0n) is 19.3. The van der Waals surface area contributed by atoms with Crippen LogP contribution in [-0.4, -0.2) is 42.5 Å². The fraction of sp³-hybridized carbons (Fsp3) is 0.462. The monoisotopic (exact) mass is 424 g/mol. The molecular formula is C26H36N2O3. The second-order valence-electron chi connectivity index (χ2n) is 8.05. The van der Waals surface area contributed by atoms with E-state index in [1.54, 1.807) is 4.90 Å². The van der Waals surface area contributed by atoms with Crippen LogP contribution < -0.4 is 10.1 Å². The number of carbonyl (C=O) groups is 2. The number of rotatable bonds is 12. The largest absolute Gasteiger partial charge is 0.484 e. The lowest BCUT2D eigenvalue weighted by molar-refractivity contribution is -0.142. The number of ether oxygens (including phenoxy) is 1. The molecule has 0 saturated heterocycles. The van der Waals surface area contributed by atoms with E-state index in [4.69, 9.17) is 4.74 Å². The van der Waals surface area contributed by atoms with Gasteiger partial charge in [0.15, 0.2) is 6.61 Å². The van der Waals surface area contributed by atoms with E-state index in [0.29, 0.717) is 37.6 Å². The molecule has 168 valence electrons. The van der Waals surface area contributed by atoms with Gasteiger partial charge in [0.1, 0.15) is 11.8 Å². The molecule has 0 spiro atoms. The number of carbonyl (C=O) groups excluding carboxylic acids is 2. The summed E-state index contributed by atoms with van der Waals surface area (Å²) in [5, 5.41) is 2.93. The number of hydrogen-bond acceptors (Lipinski definition) is 3. The molecule has 1 unspecified atom stereocenters. The third-order valence-electron chi connectivity index (χ3n) is 5.33. The molecule has 0 saturated carbocycles. The Hall–Kier alpha value is -2.82. The molecule has 0 aliphatic carbocycles. The molecule has 31 heavy (non-hydrogen) atoms. The smallest absolute Gasteiger partial charge is 0.261 e. The van der Waals surface area contributed by atoms with Crippen molar-refractivity contribution in [2.24, 2.45) is 0 Å². The highest BCUT2D eigenvalue weighted by Gasteiger charge is 2.28. The molecule has 0 radical (unpaired) electrons. The molecule has 1 atom stereocenters. The van der Waals surface area contributed by atoms with E-state index in [1.165, 1.54) is 5.56 Å². The van der Waals surface area contributed by atoms with E-state index in [2.05, 4.69) is 19.2 Å². The molecule has 0 bridgehead atoms. The van der Waals surface area contributed by atoms with Crippen LogP contribution in [0.3, 0.4) is 0 Å². The Morgan fingerprint density at radius 2 is 1.68 bits per heavy atom. The third-order valence-corrected chi connectivity index (χ3v) is 5.33. The summed E-state index contributed by atoms with van der Waals surface area (Å²) in [5.41, 5.74) is 2.36. The minimum atomic E-state index is -0.505. The van der Waals surface area contributed by atoms with Gasteiger partial charge >= 0.3 is 0 Å². The topological polar surface area (TPSA) is 58.6 Å². The van der Waals surface area contributed by atoms with Crippen LogP contribution >= 0.6 is 0 Å². The van der Waals surface area contributed by atoms with E-state index >= 15 is 0 Å². The molecule has 5 heteroatoms. The summed E-state index contributed by atoms with van der Waals surface area (Å²) in [6.07, 6.45) is 2.10. The molecular weight excluding hydrogens is 388 g/mol. The number of hydrogen-bond donors (Lipinski definition) is 1. The van der Waals surface area contributed by atoms with Gasteiger partial charge in [-0.25, -0.2) is 0 Å². The van der Waals surface area contributed by atoms with E-state index in [9.17, 15) is 9.59 Å². The van der Waals surface area contributed by atoms with Crippen LogP contribution in [0.15, 0.2) is 54.6 Å². The van der Waals surface area contributed by atoms with Crippen molar-refractivity contribution in [2.75, 3.05) is 19.7 Å². The first-order chi connectivity index (χ1) is 15.0. The average molecular weight is 425 g/mol. The van der Waals surface area contributed by atoms with Crippen molar-refractivity contribution in [3.05, 3.63) is 65.7 Å². The first-order valence-electron chi connectivity index (χ1n) is 11.3. The van der Waals surface area contributed by atoms with Crippen LogP contribution in [0.1, 0.15) is 57.6 Å². The predicted octanol–water partition coefficient (Wildman–Crippen LogP) is 4.56. The van der Waals surface area contributed by atoms with Crippen molar-refractivity contribution in [2.45, 2.75) is 58.9 Å². The maximum Gasteiger partial charge on any atom is 0.261 e. The molecule has 5 nitrogen and oxygen atoms in total. The fourth-order valence-electron chi connectivity index (χ4n) is 3.44. The molecule has 1 N–H and O–H groups in total. The molecule has 0 aromatic heterocycles. The highest BCUT2D eigenvalue weighted by Crippen LogP contribution is 2.19. The van der Waals surface area contributed by atoms with Crippen LogP contribution in [0.25, 0.3) is 0 Å². The van der Waals surface area contributed by atoms with Gasteiger partial charge in [0, 0.05) is 13.1 Å². The van der Waals surface area contributed by atoms with Gasteiger partial charge in [-0.3, -0.25) is 9.59 Å². The Bertz CT molecular complexity index is 803. The third kappa shape index (κ3) is 7.74. The van der Waals surface area contributed by atoms with Gasteiger partial charge in [-0.1, -0.05) is 70.2 Å². The summed E-state index contributed by atoms with van der Waals surface area (Å²) in [7, 11) is 0. The Morgan fingerprint density at radius 1 is 1.00 bits per heavy atom. The van der Waals surface area contributed by atoms with Crippen molar-refractivity contribution < 1.29 is 14.3 Å². The van der Waals surface area contributed by atoms with Crippen LogP contribution in [0.4, 0.5) is 0 Å². The van der Waals surface area contributed by atoms with E-state index < -0.39 is 6.04 Å². The summed E-state index contributed by atoms with van der Waals surface area (Å²) in [6, 6.07) is 17.3. The van der Waals surface area contributed by atoms with Gasteiger partial charge in [0.2, 0.25) is 5.91 Å². The Balaban J connectivity index is 2.08. The zero-order valence-corrected chi connectivity index (χ0v) is 19.3. The quantitative estimate of drug-likeness (QED) is 0.543. The molecule has 0 aliphatic heterocycles. The summed E-state index contributed by atoms with van der Waals surface area (Å²) >= 11 is 0. The van der Waals surface area contributed by atoms with Crippen molar-refractivity contribution in [1.29, 1.82) is 0 Å². The van der Waals surface area contributed by atoms with Crippen LogP contribution in [-0.2, 0) is 16.0 Å². The van der Waals surface area contributed by atoms with Crippen molar-refractivity contribution in [3.63, 3.8) is 0 Å². The molecule has 0 heterocycles. The van der Waals surface area contributed by atoms with Crippen molar-refractivity contribution in [1.82, 2.24) is 10.2 Å². The summed E-state index contributed by atoms with van der Waals surface area (Å²) in [6.45, 7) is 9.21. The second kappa shape index (κ2) is 12.8. The van der Waals surface area contributed by atoms with E-state index in [0.717, 1.165) is 12.0 Å². The van der Waals surface area contributed by atoms with Gasteiger partial charge in [-0.15, -0.1) is 0 Å². The van der Waals surface area contributed by atoms with Gasteiger partial charge in [-0.05, 0) is 48.4 Å². The Morgan fingerprint density at radius 3 is 2.26 bits per heavy atom. The summed E-state index contributed by atoms with van der Waals surface area (Å²) in [4.78, 5) is 27.5. The molecule has 2 rings (SSSR count). The zero-order chi connectivity index (χ0) is 22.6. The van der Waals surface area contributed by atoms with Gasteiger partial charge < -0.3 is 15.0 Å².